The lowest BCUT2D eigenvalue weighted by molar-refractivity contribution is 0.132. The minimum absolute atomic E-state index is 0.138. The summed E-state index contributed by atoms with van der Waals surface area (Å²) in [5.74, 6) is 0.223. The van der Waals surface area contributed by atoms with Gasteiger partial charge in [-0.2, -0.15) is 0 Å². The Kier molecular flexibility index (Phi) is 2.96. The number of benzene rings is 1. The smallest absolute Gasteiger partial charge is 0.407 e. The van der Waals surface area contributed by atoms with Crippen LogP contribution in [0.4, 0.5) is 4.79 Å². The standard InChI is InChI=1S/C11H14N2O3/c12-6-9-10(16-11(15)13-9)5-7-1-3-8(14)4-2-7/h1-4,9-10,14H,5-6,12H2,(H,13,15). The molecule has 2 rings (SSSR count). The van der Waals surface area contributed by atoms with E-state index in [-0.39, 0.29) is 17.9 Å². The van der Waals surface area contributed by atoms with Crippen LogP contribution in [0.5, 0.6) is 5.75 Å². The number of cyclic esters (lactones) is 1. The van der Waals surface area contributed by atoms with Crippen molar-refractivity contribution >= 4 is 6.09 Å². The van der Waals surface area contributed by atoms with Crippen molar-refractivity contribution in [2.24, 2.45) is 5.73 Å². The molecule has 2 unspecified atom stereocenters. The molecule has 0 saturated carbocycles. The third kappa shape index (κ3) is 2.25. The number of carbonyl (C=O) groups is 1. The second kappa shape index (κ2) is 4.40. The lowest BCUT2D eigenvalue weighted by Gasteiger charge is -2.14. The highest BCUT2D eigenvalue weighted by Gasteiger charge is 2.32. The van der Waals surface area contributed by atoms with Crippen LogP contribution >= 0.6 is 0 Å². The molecular formula is C11H14N2O3. The minimum Gasteiger partial charge on any atom is -0.508 e. The first kappa shape index (κ1) is 10.8. The van der Waals surface area contributed by atoms with Gasteiger partial charge in [0, 0.05) is 13.0 Å². The maximum atomic E-state index is 11.0. The third-order valence-corrected chi connectivity index (χ3v) is 2.64. The summed E-state index contributed by atoms with van der Waals surface area (Å²) in [5, 5.41) is 11.8. The van der Waals surface area contributed by atoms with E-state index in [9.17, 15) is 4.79 Å². The van der Waals surface area contributed by atoms with Crippen LogP contribution in [0.15, 0.2) is 24.3 Å². The van der Waals surface area contributed by atoms with Gasteiger partial charge in [-0.15, -0.1) is 0 Å². The van der Waals surface area contributed by atoms with E-state index in [0.29, 0.717) is 13.0 Å². The maximum absolute atomic E-state index is 11.0. The number of nitrogens with two attached hydrogens (primary N) is 1. The zero-order valence-electron chi connectivity index (χ0n) is 8.72. The Morgan fingerprint density at radius 2 is 2.06 bits per heavy atom. The number of ether oxygens (including phenoxy) is 1. The van der Waals surface area contributed by atoms with E-state index in [2.05, 4.69) is 5.32 Å². The average Bonchev–Trinajstić information content (AvgIpc) is 2.62. The number of nitrogens with one attached hydrogen (secondary N) is 1. The first-order valence-corrected chi connectivity index (χ1v) is 5.14. The molecule has 1 aliphatic rings. The zero-order chi connectivity index (χ0) is 11.5. The molecule has 1 heterocycles. The van der Waals surface area contributed by atoms with Gasteiger partial charge in [-0.3, -0.25) is 0 Å². The molecule has 86 valence electrons. The molecule has 2 atom stereocenters. The predicted octanol–water partition coefficient (Wildman–Crippen LogP) is 0.370. The maximum Gasteiger partial charge on any atom is 0.407 e. The van der Waals surface area contributed by atoms with Gasteiger partial charge in [0.2, 0.25) is 0 Å². The van der Waals surface area contributed by atoms with Crippen LogP contribution in [0, 0.1) is 0 Å². The molecule has 1 aromatic rings. The van der Waals surface area contributed by atoms with Gasteiger partial charge in [-0.05, 0) is 17.7 Å². The summed E-state index contributed by atoms with van der Waals surface area (Å²) < 4.78 is 5.11. The zero-order valence-corrected chi connectivity index (χ0v) is 8.72. The number of aromatic hydroxyl groups is 1. The number of hydrogen-bond donors (Lipinski definition) is 3. The van der Waals surface area contributed by atoms with Gasteiger partial charge in [-0.1, -0.05) is 12.1 Å². The summed E-state index contributed by atoms with van der Waals surface area (Å²) in [5.41, 5.74) is 6.53. The molecule has 5 nitrogen and oxygen atoms in total. The van der Waals surface area contributed by atoms with Crippen molar-refractivity contribution in [3.63, 3.8) is 0 Å². The number of carbonyl (C=O) groups excluding carboxylic acids is 1. The van der Waals surface area contributed by atoms with E-state index in [0.717, 1.165) is 5.56 Å². The van der Waals surface area contributed by atoms with Crippen LogP contribution in [-0.2, 0) is 11.2 Å². The van der Waals surface area contributed by atoms with Gasteiger partial charge < -0.3 is 20.9 Å². The molecule has 1 fully saturated rings. The highest BCUT2D eigenvalue weighted by molar-refractivity contribution is 5.70. The number of amides is 1. The van der Waals surface area contributed by atoms with Gasteiger partial charge in [-0.25, -0.2) is 4.79 Å². The van der Waals surface area contributed by atoms with Crippen LogP contribution in [0.25, 0.3) is 0 Å². The molecule has 0 radical (unpaired) electrons. The van der Waals surface area contributed by atoms with Crippen molar-refractivity contribution in [3.8, 4) is 5.75 Å². The monoisotopic (exact) mass is 222 g/mol. The second-order valence-corrected chi connectivity index (χ2v) is 3.80. The van der Waals surface area contributed by atoms with Gasteiger partial charge in [0.1, 0.15) is 11.9 Å². The first-order valence-electron chi connectivity index (χ1n) is 5.14. The highest BCUT2D eigenvalue weighted by atomic mass is 16.6. The van der Waals surface area contributed by atoms with Crippen LogP contribution in [0.3, 0.4) is 0 Å². The van der Waals surface area contributed by atoms with E-state index in [4.69, 9.17) is 15.6 Å². The summed E-state index contributed by atoms with van der Waals surface area (Å²) in [6, 6.07) is 6.68. The van der Waals surface area contributed by atoms with E-state index in [1.807, 2.05) is 0 Å². The molecule has 0 spiro atoms. The van der Waals surface area contributed by atoms with E-state index >= 15 is 0 Å². The van der Waals surface area contributed by atoms with Crippen LogP contribution in [0.1, 0.15) is 5.56 Å². The molecule has 5 heteroatoms. The fourth-order valence-corrected chi connectivity index (χ4v) is 1.76. The summed E-state index contributed by atoms with van der Waals surface area (Å²) in [7, 11) is 0. The summed E-state index contributed by atoms with van der Waals surface area (Å²) in [6.45, 7) is 0.356. The Balaban J connectivity index is 2.03. The van der Waals surface area contributed by atoms with Crippen molar-refractivity contribution in [1.82, 2.24) is 5.32 Å². The number of alkyl carbamates (subject to hydrolysis) is 1. The fraction of sp³-hybridized carbons (Fsp3) is 0.364. The molecule has 1 saturated heterocycles. The molecule has 0 aliphatic carbocycles. The van der Waals surface area contributed by atoms with Gasteiger partial charge in [0.25, 0.3) is 0 Å². The quantitative estimate of drug-likeness (QED) is 0.689. The van der Waals surface area contributed by atoms with Crippen molar-refractivity contribution in [1.29, 1.82) is 0 Å². The van der Waals surface area contributed by atoms with Gasteiger partial charge in [0.05, 0.1) is 6.04 Å². The summed E-state index contributed by atoms with van der Waals surface area (Å²) >= 11 is 0. The topological polar surface area (TPSA) is 84.6 Å². The number of hydrogen-bond acceptors (Lipinski definition) is 4. The van der Waals surface area contributed by atoms with Crippen molar-refractivity contribution in [2.45, 2.75) is 18.6 Å². The molecule has 1 aromatic carbocycles. The van der Waals surface area contributed by atoms with Crippen LogP contribution in [-0.4, -0.2) is 29.9 Å². The molecule has 0 bridgehead atoms. The third-order valence-electron chi connectivity index (χ3n) is 2.64. The molecule has 1 aliphatic heterocycles. The molecule has 1 amide bonds. The molecule has 16 heavy (non-hydrogen) atoms. The normalized spacial score (nSPS) is 23.9. The van der Waals surface area contributed by atoms with Crippen LogP contribution in [0.2, 0.25) is 0 Å². The second-order valence-electron chi connectivity index (χ2n) is 3.80. The lowest BCUT2D eigenvalue weighted by atomic mass is 10.0. The SMILES string of the molecule is NCC1NC(=O)OC1Cc1ccc(O)cc1. The Morgan fingerprint density at radius 3 is 2.69 bits per heavy atom. The van der Waals surface area contributed by atoms with E-state index < -0.39 is 6.09 Å². The summed E-state index contributed by atoms with van der Waals surface area (Å²) in [6.07, 6.45) is -0.0535. The first-order chi connectivity index (χ1) is 7.69. The molecular weight excluding hydrogens is 208 g/mol. The lowest BCUT2D eigenvalue weighted by Crippen LogP contribution is -2.39. The average molecular weight is 222 g/mol. The summed E-state index contributed by atoms with van der Waals surface area (Å²) in [4.78, 5) is 11.0. The number of rotatable bonds is 3. The molecule has 0 aromatic heterocycles. The van der Waals surface area contributed by atoms with Gasteiger partial charge in [0.15, 0.2) is 0 Å². The number of phenolic OH excluding ortho intramolecular Hbond substituents is 1. The van der Waals surface area contributed by atoms with Crippen molar-refractivity contribution < 1.29 is 14.6 Å². The Labute approximate surface area is 93.2 Å². The van der Waals surface area contributed by atoms with Crippen LogP contribution < -0.4 is 11.1 Å². The highest BCUT2D eigenvalue weighted by Crippen LogP contribution is 2.16. The predicted molar refractivity (Wildman–Crippen MR) is 58.1 cm³/mol. The largest absolute Gasteiger partial charge is 0.508 e. The number of phenols is 1. The minimum atomic E-state index is -0.417. The fourth-order valence-electron chi connectivity index (χ4n) is 1.76. The van der Waals surface area contributed by atoms with Crippen molar-refractivity contribution in [3.05, 3.63) is 29.8 Å². The van der Waals surface area contributed by atoms with E-state index in [1.165, 1.54) is 0 Å². The Morgan fingerprint density at radius 1 is 1.38 bits per heavy atom. The Hall–Kier alpha value is -1.75. The molecule has 4 N–H and O–H groups in total. The van der Waals surface area contributed by atoms with Gasteiger partial charge >= 0.3 is 6.09 Å². The Bertz CT molecular complexity index is 377. The van der Waals surface area contributed by atoms with Crippen molar-refractivity contribution in [2.75, 3.05) is 6.54 Å². The van der Waals surface area contributed by atoms with E-state index in [1.54, 1.807) is 24.3 Å².